The molecule has 18 heavy (non-hydrogen) atoms. The highest BCUT2D eigenvalue weighted by molar-refractivity contribution is 5.53. The van der Waals surface area contributed by atoms with Gasteiger partial charge in [-0.2, -0.15) is 0 Å². The van der Waals surface area contributed by atoms with Gasteiger partial charge in [0.15, 0.2) is 0 Å². The summed E-state index contributed by atoms with van der Waals surface area (Å²) in [7, 11) is 0. The van der Waals surface area contributed by atoms with Gasteiger partial charge in [0, 0.05) is 11.4 Å². The van der Waals surface area contributed by atoms with Crippen LogP contribution in [0.4, 0.5) is 11.4 Å². The molecule has 0 bridgehead atoms. The molecule has 3 rings (SSSR count). The molecule has 0 fully saturated rings. The van der Waals surface area contributed by atoms with E-state index in [-0.39, 0.29) is 0 Å². The number of nitrogen functional groups attached to an aromatic ring is 2. The Hall–Kier alpha value is -2.00. The summed E-state index contributed by atoms with van der Waals surface area (Å²) in [4.78, 5) is 0. The lowest BCUT2D eigenvalue weighted by Gasteiger charge is -2.15. The lowest BCUT2D eigenvalue weighted by molar-refractivity contribution is 0.219. The van der Waals surface area contributed by atoms with E-state index in [9.17, 15) is 5.11 Å². The van der Waals surface area contributed by atoms with Crippen molar-refractivity contribution in [3.63, 3.8) is 0 Å². The number of hydrogen-bond donors (Lipinski definition) is 3. The normalized spacial score (nSPS) is 14.7. The number of hydrogen-bond acceptors (Lipinski definition) is 3. The maximum absolute atomic E-state index is 10.5. The van der Waals surface area contributed by atoms with Crippen molar-refractivity contribution in [2.75, 3.05) is 11.5 Å². The van der Waals surface area contributed by atoms with Gasteiger partial charge in [-0.25, -0.2) is 0 Å². The molecule has 2 aromatic rings. The average molecular weight is 240 g/mol. The lowest BCUT2D eigenvalue weighted by Crippen LogP contribution is -2.04. The highest BCUT2D eigenvalue weighted by Crippen LogP contribution is 2.34. The summed E-state index contributed by atoms with van der Waals surface area (Å²) in [6, 6.07) is 11.5. The van der Waals surface area contributed by atoms with Gasteiger partial charge in [0.1, 0.15) is 6.10 Å². The van der Waals surface area contributed by atoms with Crippen molar-refractivity contribution in [2.45, 2.75) is 18.9 Å². The number of anilines is 2. The Morgan fingerprint density at radius 3 is 1.72 bits per heavy atom. The molecule has 5 N–H and O–H groups in total. The molecular formula is C15H16N2O. The summed E-state index contributed by atoms with van der Waals surface area (Å²) in [6.45, 7) is 0. The molecule has 0 aromatic heterocycles. The first-order chi connectivity index (χ1) is 8.65. The summed E-state index contributed by atoms with van der Waals surface area (Å²) in [5.41, 5.74) is 17.1. The van der Waals surface area contributed by atoms with E-state index in [1.54, 1.807) is 0 Å². The molecule has 0 atom stereocenters. The quantitative estimate of drug-likeness (QED) is 0.617. The molecule has 3 heteroatoms. The van der Waals surface area contributed by atoms with Gasteiger partial charge in [-0.1, -0.05) is 12.1 Å². The van der Waals surface area contributed by atoms with Crippen LogP contribution in [0.5, 0.6) is 0 Å². The van der Waals surface area contributed by atoms with Crippen LogP contribution in [0, 0.1) is 0 Å². The molecular weight excluding hydrogens is 224 g/mol. The van der Waals surface area contributed by atoms with E-state index in [2.05, 4.69) is 0 Å². The summed E-state index contributed by atoms with van der Waals surface area (Å²) in [5.74, 6) is 0. The van der Waals surface area contributed by atoms with E-state index >= 15 is 0 Å². The largest absolute Gasteiger partial charge is 0.399 e. The predicted molar refractivity (Wildman–Crippen MR) is 73.2 cm³/mol. The van der Waals surface area contributed by atoms with Gasteiger partial charge in [0.25, 0.3) is 0 Å². The van der Waals surface area contributed by atoms with E-state index in [4.69, 9.17) is 11.5 Å². The third-order valence-corrected chi connectivity index (χ3v) is 3.59. The third-order valence-electron chi connectivity index (χ3n) is 3.59. The standard InChI is InChI=1S/C15H16N2O/c16-11-5-3-9-1-2-10-4-6-12(17)8-14(10)15(18)13(9)7-11/h3-8,15,18H,1-2,16-17H2. The molecule has 0 unspecified atom stereocenters. The second kappa shape index (κ2) is 4.03. The van der Waals surface area contributed by atoms with Crippen LogP contribution in [0.2, 0.25) is 0 Å². The number of aryl methyl sites for hydroxylation is 2. The Morgan fingerprint density at radius 1 is 0.833 bits per heavy atom. The summed E-state index contributed by atoms with van der Waals surface area (Å²) in [5, 5.41) is 10.5. The second-order valence-corrected chi connectivity index (χ2v) is 4.82. The summed E-state index contributed by atoms with van der Waals surface area (Å²) in [6.07, 6.45) is 1.21. The number of aliphatic hydroxyl groups is 1. The molecule has 92 valence electrons. The fourth-order valence-corrected chi connectivity index (χ4v) is 2.63. The van der Waals surface area contributed by atoms with E-state index in [0.717, 1.165) is 35.1 Å². The third kappa shape index (κ3) is 1.73. The molecule has 0 amide bonds. The van der Waals surface area contributed by atoms with Gasteiger partial charge in [-0.05, 0) is 59.4 Å². The summed E-state index contributed by atoms with van der Waals surface area (Å²) < 4.78 is 0. The highest BCUT2D eigenvalue weighted by Gasteiger charge is 2.21. The first kappa shape index (κ1) is 11.1. The van der Waals surface area contributed by atoms with Crippen LogP contribution in [0.25, 0.3) is 0 Å². The first-order valence-electron chi connectivity index (χ1n) is 6.10. The Kier molecular flexibility index (Phi) is 2.49. The highest BCUT2D eigenvalue weighted by atomic mass is 16.3. The molecule has 0 saturated heterocycles. The van der Waals surface area contributed by atoms with Crippen LogP contribution >= 0.6 is 0 Å². The maximum Gasteiger partial charge on any atom is 0.105 e. The smallest absolute Gasteiger partial charge is 0.105 e. The zero-order valence-corrected chi connectivity index (χ0v) is 10.1. The molecule has 1 aliphatic carbocycles. The van der Waals surface area contributed by atoms with Crippen LogP contribution in [0.1, 0.15) is 28.4 Å². The minimum absolute atomic E-state index is 0.635. The molecule has 0 heterocycles. The molecule has 0 radical (unpaired) electrons. The zero-order chi connectivity index (χ0) is 12.7. The van der Waals surface area contributed by atoms with Gasteiger partial charge < -0.3 is 16.6 Å². The first-order valence-corrected chi connectivity index (χ1v) is 6.10. The van der Waals surface area contributed by atoms with Crippen molar-refractivity contribution in [1.82, 2.24) is 0 Å². The molecule has 3 nitrogen and oxygen atoms in total. The molecule has 0 aliphatic heterocycles. The monoisotopic (exact) mass is 240 g/mol. The number of rotatable bonds is 0. The van der Waals surface area contributed by atoms with Crippen molar-refractivity contribution in [1.29, 1.82) is 0 Å². The minimum atomic E-state index is -0.635. The Labute approximate surface area is 106 Å². The molecule has 0 spiro atoms. The Bertz CT molecular complexity index is 554. The van der Waals surface area contributed by atoms with E-state index in [1.165, 1.54) is 0 Å². The minimum Gasteiger partial charge on any atom is -0.399 e. The van der Waals surface area contributed by atoms with Crippen LogP contribution in [-0.2, 0) is 12.8 Å². The SMILES string of the molecule is Nc1ccc2c(c1)C(O)c1cc(N)ccc1CC2. The van der Waals surface area contributed by atoms with Crippen molar-refractivity contribution < 1.29 is 5.11 Å². The van der Waals surface area contributed by atoms with Gasteiger partial charge in [-0.15, -0.1) is 0 Å². The zero-order valence-electron chi connectivity index (χ0n) is 10.1. The van der Waals surface area contributed by atoms with Crippen LogP contribution in [0.15, 0.2) is 36.4 Å². The van der Waals surface area contributed by atoms with Crippen molar-refractivity contribution in [3.05, 3.63) is 58.7 Å². The number of aliphatic hydroxyl groups excluding tert-OH is 1. The molecule has 2 aromatic carbocycles. The lowest BCUT2D eigenvalue weighted by atomic mass is 9.96. The maximum atomic E-state index is 10.5. The average Bonchev–Trinajstić information content (AvgIpc) is 2.49. The van der Waals surface area contributed by atoms with Crippen molar-refractivity contribution >= 4 is 11.4 Å². The Morgan fingerprint density at radius 2 is 1.28 bits per heavy atom. The van der Waals surface area contributed by atoms with Gasteiger partial charge in [0.05, 0.1) is 0 Å². The van der Waals surface area contributed by atoms with Gasteiger partial charge in [0.2, 0.25) is 0 Å². The van der Waals surface area contributed by atoms with Crippen LogP contribution < -0.4 is 11.5 Å². The van der Waals surface area contributed by atoms with E-state index in [1.807, 2.05) is 36.4 Å². The molecule has 1 aliphatic rings. The number of nitrogens with two attached hydrogens (primary N) is 2. The topological polar surface area (TPSA) is 72.3 Å². The van der Waals surface area contributed by atoms with Crippen molar-refractivity contribution in [3.8, 4) is 0 Å². The van der Waals surface area contributed by atoms with Crippen molar-refractivity contribution in [2.24, 2.45) is 0 Å². The van der Waals surface area contributed by atoms with Crippen LogP contribution in [-0.4, -0.2) is 5.11 Å². The number of benzene rings is 2. The number of fused-ring (bicyclic) bond motifs is 2. The van der Waals surface area contributed by atoms with E-state index in [0.29, 0.717) is 11.4 Å². The molecule has 0 saturated carbocycles. The van der Waals surface area contributed by atoms with E-state index < -0.39 is 6.10 Å². The Balaban J connectivity index is 2.18. The predicted octanol–water partition coefficient (Wildman–Crippen LogP) is 2.03. The fourth-order valence-electron chi connectivity index (χ4n) is 2.63. The van der Waals surface area contributed by atoms with Gasteiger partial charge >= 0.3 is 0 Å². The fraction of sp³-hybridized carbons (Fsp3) is 0.200. The van der Waals surface area contributed by atoms with Crippen LogP contribution in [0.3, 0.4) is 0 Å². The summed E-state index contributed by atoms with van der Waals surface area (Å²) >= 11 is 0. The van der Waals surface area contributed by atoms with Gasteiger partial charge in [-0.3, -0.25) is 0 Å². The second-order valence-electron chi connectivity index (χ2n) is 4.82.